The molecule has 0 unspecified atom stereocenters. The van der Waals surface area contributed by atoms with Gasteiger partial charge in [-0.25, -0.2) is 5.11 Å². The van der Waals surface area contributed by atoms with Crippen molar-refractivity contribution in [1.82, 2.24) is 0 Å². The summed E-state index contributed by atoms with van der Waals surface area (Å²) in [4.78, 5) is 10.7. The Kier molecular flexibility index (Phi) is 2.49. The molecule has 2 nitrogen and oxygen atoms in total. The number of rotatable bonds is 3. The van der Waals surface area contributed by atoms with Crippen LogP contribution in [0.1, 0.15) is 0 Å². The summed E-state index contributed by atoms with van der Waals surface area (Å²) in [5.41, 5.74) is 0. The van der Waals surface area contributed by atoms with E-state index in [1.54, 1.807) is 0 Å². The van der Waals surface area contributed by atoms with E-state index >= 15 is 0 Å². The molecular weight excluding hydrogens is 174 g/mol. The Labute approximate surface area is 67.0 Å². The lowest BCUT2D eigenvalue weighted by Crippen LogP contribution is -2.42. The van der Waals surface area contributed by atoms with Crippen molar-refractivity contribution in [1.29, 1.82) is 0 Å². The number of carbonyl (C=O) groups excluding carboxylic acids is 1. The molecule has 0 atom stereocenters. The van der Waals surface area contributed by atoms with Gasteiger partial charge in [-0.2, -0.15) is 20.5 Å². The van der Waals surface area contributed by atoms with Crippen molar-refractivity contribution in [2.75, 3.05) is 18.1 Å². The summed E-state index contributed by atoms with van der Waals surface area (Å²) in [7, 11) is 0. The summed E-state index contributed by atoms with van der Waals surface area (Å²) in [5, 5.41) is 9.86. The Morgan fingerprint density at radius 3 is 2.36 bits per heavy atom. The van der Waals surface area contributed by atoms with Crippen LogP contribution in [0.4, 0.5) is 8.78 Å². The van der Waals surface area contributed by atoms with Crippen LogP contribution in [0.25, 0.3) is 0 Å². The predicted octanol–water partition coefficient (Wildman–Crippen LogP) is 0.984. The van der Waals surface area contributed by atoms with Crippen LogP contribution >= 0.6 is 11.8 Å². The van der Waals surface area contributed by atoms with Crippen LogP contribution in [-0.2, 0) is 9.90 Å². The van der Waals surface area contributed by atoms with Gasteiger partial charge in [-0.1, -0.05) is 0 Å². The lowest BCUT2D eigenvalue weighted by atomic mass is 10.0. The van der Waals surface area contributed by atoms with E-state index in [-0.39, 0.29) is 0 Å². The molecule has 0 saturated carbocycles. The average Bonchev–Trinajstić information content (AvgIpc) is 1.84. The van der Waals surface area contributed by atoms with Gasteiger partial charge in [0.05, 0.1) is 0 Å². The maximum absolute atomic E-state index is 12.3. The quantitative estimate of drug-likeness (QED) is 0.650. The van der Waals surface area contributed by atoms with E-state index in [0.29, 0.717) is 11.5 Å². The average molecular weight is 181 g/mol. The lowest BCUT2D eigenvalue weighted by Gasteiger charge is -2.26. The number of Topliss-reactive ketones (excluding diaryl/α,β-unsaturated/α-hetero) is 1. The smallest absolute Gasteiger partial charge is 0.292 e. The fourth-order valence-corrected chi connectivity index (χ4v) is 1.53. The highest BCUT2D eigenvalue weighted by Crippen LogP contribution is 2.30. The van der Waals surface area contributed by atoms with Crippen LogP contribution in [0.15, 0.2) is 0 Å². The molecule has 0 aromatic carbocycles. The van der Waals surface area contributed by atoms with Gasteiger partial charge in [0.1, 0.15) is 0 Å². The molecule has 1 saturated heterocycles. The zero-order valence-electron chi connectivity index (χ0n) is 5.68. The summed E-state index contributed by atoms with van der Waals surface area (Å²) in [6.45, 7) is -1.62. The molecule has 0 N–H and O–H groups in total. The van der Waals surface area contributed by atoms with Gasteiger partial charge in [0.25, 0.3) is 0 Å². The third kappa shape index (κ3) is 1.70. The van der Waals surface area contributed by atoms with Crippen molar-refractivity contribution in [2.24, 2.45) is 5.92 Å². The highest BCUT2D eigenvalue weighted by molar-refractivity contribution is 8.00. The van der Waals surface area contributed by atoms with Crippen molar-refractivity contribution in [3.63, 3.8) is 0 Å². The number of thioether (sulfide) groups is 1. The first kappa shape index (κ1) is 8.93. The van der Waals surface area contributed by atoms with Gasteiger partial charge in [-0.3, -0.25) is 4.79 Å². The molecule has 0 aromatic rings. The Bertz CT molecular complexity index is 168. The van der Waals surface area contributed by atoms with Crippen molar-refractivity contribution in [2.45, 2.75) is 5.92 Å². The maximum Gasteiger partial charge on any atom is 0.331 e. The van der Waals surface area contributed by atoms with E-state index in [2.05, 4.69) is 0 Å². The van der Waals surface area contributed by atoms with Gasteiger partial charge in [-0.15, -0.1) is 0 Å². The van der Waals surface area contributed by atoms with Gasteiger partial charge < -0.3 is 0 Å². The minimum absolute atomic E-state index is 0.439. The fourth-order valence-electron chi connectivity index (χ4n) is 0.757. The molecule has 1 heterocycles. The summed E-state index contributed by atoms with van der Waals surface area (Å²) < 4.78 is 24.7. The lowest BCUT2D eigenvalue weighted by molar-refractivity contribution is -0.155. The maximum atomic E-state index is 12.3. The van der Waals surface area contributed by atoms with Crippen molar-refractivity contribution >= 4 is 17.5 Å². The second-order valence-corrected chi connectivity index (χ2v) is 3.52. The minimum Gasteiger partial charge on any atom is -0.292 e. The molecule has 1 radical (unpaired) electrons. The molecule has 1 aliphatic heterocycles. The SMILES string of the molecule is [O]CC(F)(F)C(=O)C1CSC1. The van der Waals surface area contributed by atoms with E-state index in [4.69, 9.17) is 0 Å². The van der Waals surface area contributed by atoms with Crippen LogP contribution in [0, 0.1) is 5.92 Å². The van der Waals surface area contributed by atoms with E-state index in [1.807, 2.05) is 0 Å². The summed E-state index contributed by atoms with van der Waals surface area (Å²) in [6.07, 6.45) is 0. The fraction of sp³-hybridized carbons (Fsp3) is 0.833. The molecule has 0 aromatic heterocycles. The van der Waals surface area contributed by atoms with Gasteiger partial charge in [-0.05, 0) is 0 Å². The Morgan fingerprint density at radius 1 is 1.55 bits per heavy atom. The Hall–Kier alpha value is -0.160. The van der Waals surface area contributed by atoms with Crippen molar-refractivity contribution < 1.29 is 18.7 Å². The highest BCUT2D eigenvalue weighted by atomic mass is 32.2. The summed E-state index contributed by atoms with van der Waals surface area (Å²) in [5.74, 6) is -4.51. The van der Waals surface area contributed by atoms with Crippen LogP contribution in [0.5, 0.6) is 0 Å². The third-order valence-corrected chi connectivity index (χ3v) is 2.83. The molecule has 0 aliphatic carbocycles. The first-order valence-electron chi connectivity index (χ1n) is 3.16. The number of ketones is 1. The van der Waals surface area contributed by atoms with E-state index < -0.39 is 24.2 Å². The number of hydrogen-bond donors (Lipinski definition) is 0. The minimum atomic E-state index is -3.63. The van der Waals surface area contributed by atoms with Gasteiger partial charge in [0, 0.05) is 17.4 Å². The number of hydrogen-bond acceptors (Lipinski definition) is 2. The summed E-state index contributed by atoms with van der Waals surface area (Å²) in [6, 6.07) is 0. The molecular formula is C6H7F2O2S. The standard InChI is InChI=1S/C6H7F2O2S/c7-6(8,3-9)5(10)4-1-11-2-4/h4H,1-3H2. The second kappa shape index (κ2) is 3.06. The molecule has 0 spiro atoms. The first-order valence-corrected chi connectivity index (χ1v) is 4.31. The van der Waals surface area contributed by atoms with Crippen molar-refractivity contribution in [3.05, 3.63) is 0 Å². The van der Waals surface area contributed by atoms with E-state index in [1.165, 1.54) is 11.8 Å². The van der Waals surface area contributed by atoms with Crippen LogP contribution in [0.3, 0.4) is 0 Å². The second-order valence-electron chi connectivity index (χ2n) is 2.45. The van der Waals surface area contributed by atoms with Crippen molar-refractivity contribution in [3.8, 4) is 0 Å². The number of halogens is 2. The highest BCUT2D eigenvalue weighted by Gasteiger charge is 2.44. The van der Waals surface area contributed by atoms with Gasteiger partial charge in [0.15, 0.2) is 6.61 Å². The van der Waals surface area contributed by atoms with E-state index in [9.17, 15) is 18.7 Å². The molecule has 1 aliphatic rings. The molecule has 11 heavy (non-hydrogen) atoms. The van der Waals surface area contributed by atoms with Crippen LogP contribution < -0.4 is 0 Å². The molecule has 1 fully saturated rings. The monoisotopic (exact) mass is 181 g/mol. The largest absolute Gasteiger partial charge is 0.331 e. The normalized spacial score (nSPS) is 19.5. The van der Waals surface area contributed by atoms with Crippen LogP contribution in [-0.4, -0.2) is 29.8 Å². The Morgan fingerprint density at radius 2 is 2.09 bits per heavy atom. The predicted molar refractivity (Wildman–Crippen MR) is 36.3 cm³/mol. The molecule has 0 amide bonds. The molecule has 63 valence electrons. The number of alkyl halides is 2. The number of carbonyl (C=O) groups is 1. The zero-order chi connectivity index (χ0) is 8.48. The molecule has 5 heteroatoms. The third-order valence-electron chi connectivity index (χ3n) is 1.55. The topological polar surface area (TPSA) is 37.0 Å². The molecule has 1 rings (SSSR count). The van der Waals surface area contributed by atoms with Gasteiger partial charge >= 0.3 is 5.92 Å². The van der Waals surface area contributed by atoms with Gasteiger partial charge in [0.2, 0.25) is 5.78 Å². The van der Waals surface area contributed by atoms with E-state index in [0.717, 1.165) is 0 Å². The first-order chi connectivity index (χ1) is 5.08. The summed E-state index contributed by atoms with van der Waals surface area (Å²) >= 11 is 1.44. The van der Waals surface area contributed by atoms with Crippen LogP contribution in [0.2, 0.25) is 0 Å². The Balaban J connectivity index is 2.51. The molecule has 0 bridgehead atoms. The zero-order valence-corrected chi connectivity index (χ0v) is 6.50.